The number of rotatable bonds is 6. The molecule has 0 amide bonds. The fourth-order valence-electron chi connectivity index (χ4n) is 2.48. The van der Waals surface area contributed by atoms with Crippen LogP contribution in [-0.4, -0.2) is 46.9 Å². The zero-order valence-corrected chi connectivity index (χ0v) is 12.4. The summed E-state index contributed by atoms with van der Waals surface area (Å²) >= 11 is 0. The highest BCUT2D eigenvalue weighted by Gasteiger charge is 2.18. The van der Waals surface area contributed by atoms with Crippen LogP contribution >= 0.6 is 0 Å². The molecule has 19 heavy (non-hydrogen) atoms. The highest BCUT2D eigenvalue weighted by atomic mass is 32.2. The predicted molar refractivity (Wildman–Crippen MR) is 81.0 cm³/mol. The van der Waals surface area contributed by atoms with Gasteiger partial charge in [0.15, 0.2) is 0 Å². The Morgan fingerprint density at radius 2 is 2.05 bits per heavy atom. The van der Waals surface area contributed by atoms with E-state index in [1.165, 1.54) is 18.5 Å². The molecule has 106 valence electrons. The van der Waals surface area contributed by atoms with Gasteiger partial charge >= 0.3 is 0 Å². The van der Waals surface area contributed by atoms with Gasteiger partial charge in [-0.25, -0.2) is 0 Å². The molecule has 1 saturated heterocycles. The summed E-state index contributed by atoms with van der Waals surface area (Å²) in [6.07, 6.45) is 8.84. The maximum atomic E-state index is 11.0. The standard InChI is InChI=1S/C14H23N3OS/c1-19(18)12-2-7-16-13-5-10-17(11-6-13)14-3-8-15-9-4-14/h3-4,8-9,13,16H,2,5-7,10-12H2,1H3. The maximum Gasteiger partial charge on any atom is 0.0397 e. The molecule has 0 bridgehead atoms. The number of nitrogens with zero attached hydrogens (tertiary/aromatic N) is 2. The summed E-state index contributed by atoms with van der Waals surface area (Å²) in [4.78, 5) is 6.47. The lowest BCUT2D eigenvalue weighted by atomic mass is 10.0. The molecule has 1 fully saturated rings. The third-order valence-corrected chi connectivity index (χ3v) is 4.43. The van der Waals surface area contributed by atoms with Crippen LogP contribution in [0.4, 0.5) is 5.69 Å². The van der Waals surface area contributed by atoms with Gasteiger partial charge in [0.2, 0.25) is 0 Å². The van der Waals surface area contributed by atoms with Gasteiger partial charge in [0.1, 0.15) is 0 Å². The Hall–Kier alpha value is -0.940. The quantitative estimate of drug-likeness (QED) is 0.801. The Morgan fingerprint density at radius 1 is 1.37 bits per heavy atom. The van der Waals surface area contributed by atoms with Crippen LogP contribution in [0, 0.1) is 0 Å². The molecule has 1 aliphatic heterocycles. The Labute approximate surface area is 118 Å². The molecule has 0 spiro atoms. The van der Waals surface area contributed by atoms with Crippen molar-refractivity contribution in [3.8, 4) is 0 Å². The monoisotopic (exact) mass is 281 g/mol. The van der Waals surface area contributed by atoms with Crippen LogP contribution in [0.25, 0.3) is 0 Å². The van der Waals surface area contributed by atoms with Crippen molar-refractivity contribution in [1.29, 1.82) is 0 Å². The molecule has 1 atom stereocenters. The summed E-state index contributed by atoms with van der Waals surface area (Å²) in [5, 5.41) is 3.58. The number of piperidine rings is 1. The molecule has 1 N–H and O–H groups in total. The molecule has 1 aromatic heterocycles. The van der Waals surface area contributed by atoms with Gasteiger partial charge in [-0.05, 0) is 37.9 Å². The molecule has 1 aliphatic rings. The second-order valence-electron chi connectivity index (χ2n) is 5.05. The van der Waals surface area contributed by atoms with Crippen molar-refractivity contribution in [2.45, 2.75) is 25.3 Å². The minimum Gasteiger partial charge on any atom is -0.371 e. The number of nitrogens with one attached hydrogen (secondary N) is 1. The van der Waals surface area contributed by atoms with Crippen molar-refractivity contribution in [3.05, 3.63) is 24.5 Å². The van der Waals surface area contributed by atoms with Crippen molar-refractivity contribution in [2.75, 3.05) is 36.5 Å². The van der Waals surface area contributed by atoms with Gasteiger partial charge < -0.3 is 10.2 Å². The zero-order valence-electron chi connectivity index (χ0n) is 11.5. The molecule has 5 heteroatoms. The van der Waals surface area contributed by atoms with E-state index in [-0.39, 0.29) is 0 Å². The van der Waals surface area contributed by atoms with E-state index < -0.39 is 10.8 Å². The molecular weight excluding hydrogens is 258 g/mol. The van der Waals surface area contributed by atoms with Crippen LogP contribution in [0.5, 0.6) is 0 Å². The van der Waals surface area contributed by atoms with Crippen molar-refractivity contribution in [1.82, 2.24) is 10.3 Å². The number of pyridine rings is 1. The number of aromatic nitrogens is 1. The highest BCUT2D eigenvalue weighted by molar-refractivity contribution is 7.84. The fourth-order valence-corrected chi connectivity index (χ4v) is 3.03. The lowest BCUT2D eigenvalue weighted by Gasteiger charge is -2.34. The van der Waals surface area contributed by atoms with Crippen LogP contribution in [0.1, 0.15) is 19.3 Å². The van der Waals surface area contributed by atoms with Gasteiger partial charge in [-0.15, -0.1) is 0 Å². The molecule has 1 unspecified atom stereocenters. The van der Waals surface area contributed by atoms with E-state index >= 15 is 0 Å². The summed E-state index contributed by atoms with van der Waals surface area (Å²) in [5.74, 6) is 0.808. The van der Waals surface area contributed by atoms with Gasteiger partial charge in [-0.3, -0.25) is 9.19 Å². The van der Waals surface area contributed by atoms with Crippen molar-refractivity contribution in [2.24, 2.45) is 0 Å². The minimum absolute atomic E-state index is 0.614. The second-order valence-corrected chi connectivity index (χ2v) is 6.61. The molecule has 0 saturated carbocycles. The van der Waals surface area contributed by atoms with Gasteiger partial charge in [-0.1, -0.05) is 0 Å². The Bertz CT molecular complexity index is 391. The highest BCUT2D eigenvalue weighted by Crippen LogP contribution is 2.18. The van der Waals surface area contributed by atoms with Gasteiger partial charge in [0, 0.05) is 60.0 Å². The van der Waals surface area contributed by atoms with E-state index in [9.17, 15) is 4.21 Å². The van der Waals surface area contributed by atoms with Crippen LogP contribution in [0.3, 0.4) is 0 Å². The lowest BCUT2D eigenvalue weighted by molar-refractivity contribution is 0.416. The van der Waals surface area contributed by atoms with Crippen molar-refractivity contribution >= 4 is 16.5 Å². The summed E-state index contributed by atoms with van der Waals surface area (Å²) < 4.78 is 11.0. The van der Waals surface area contributed by atoms with E-state index in [2.05, 4.69) is 27.3 Å². The minimum atomic E-state index is -0.657. The van der Waals surface area contributed by atoms with Crippen molar-refractivity contribution in [3.63, 3.8) is 0 Å². The molecule has 0 aromatic carbocycles. The van der Waals surface area contributed by atoms with Gasteiger partial charge in [0.05, 0.1) is 0 Å². The first-order chi connectivity index (χ1) is 9.25. The van der Waals surface area contributed by atoms with Crippen LogP contribution < -0.4 is 10.2 Å². The predicted octanol–water partition coefficient (Wildman–Crippen LogP) is 1.41. The van der Waals surface area contributed by atoms with E-state index in [0.29, 0.717) is 6.04 Å². The normalized spacial score (nSPS) is 18.5. The third-order valence-electron chi connectivity index (χ3n) is 3.56. The molecule has 0 radical (unpaired) electrons. The first kappa shape index (κ1) is 14.5. The summed E-state index contributed by atoms with van der Waals surface area (Å²) in [6, 6.07) is 4.76. The first-order valence-corrected chi connectivity index (χ1v) is 8.67. The zero-order chi connectivity index (χ0) is 13.5. The summed E-state index contributed by atoms with van der Waals surface area (Å²) in [6.45, 7) is 3.18. The Morgan fingerprint density at radius 3 is 2.68 bits per heavy atom. The molecule has 2 rings (SSSR count). The SMILES string of the molecule is CS(=O)CCCNC1CCN(c2ccncc2)CC1. The van der Waals surface area contributed by atoms with Gasteiger partial charge in [0.25, 0.3) is 0 Å². The molecule has 2 heterocycles. The van der Waals surface area contributed by atoms with E-state index in [4.69, 9.17) is 0 Å². The Kier molecular flexibility index (Phi) is 5.79. The van der Waals surface area contributed by atoms with E-state index in [1.54, 1.807) is 6.26 Å². The number of hydrogen-bond donors (Lipinski definition) is 1. The van der Waals surface area contributed by atoms with E-state index in [1.807, 2.05) is 12.4 Å². The molecular formula is C14H23N3OS. The van der Waals surface area contributed by atoms with E-state index in [0.717, 1.165) is 31.8 Å². The fraction of sp³-hybridized carbons (Fsp3) is 0.643. The summed E-state index contributed by atoms with van der Waals surface area (Å²) in [5.41, 5.74) is 1.27. The van der Waals surface area contributed by atoms with Gasteiger partial charge in [-0.2, -0.15) is 0 Å². The topological polar surface area (TPSA) is 45.2 Å². The number of anilines is 1. The smallest absolute Gasteiger partial charge is 0.0397 e. The van der Waals surface area contributed by atoms with Crippen LogP contribution in [0.2, 0.25) is 0 Å². The third kappa shape index (κ3) is 4.91. The largest absolute Gasteiger partial charge is 0.371 e. The maximum absolute atomic E-state index is 11.0. The molecule has 4 nitrogen and oxygen atoms in total. The number of hydrogen-bond acceptors (Lipinski definition) is 4. The van der Waals surface area contributed by atoms with Crippen LogP contribution in [-0.2, 0) is 10.8 Å². The molecule has 1 aromatic rings. The van der Waals surface area contributed by atoms with Crippen LogP contribution in [0.15, 0.2) is 24.5 Å². The first-order valence-electron chi connectivity index (χ1n) is 6.94. The average molecular weight is 281 g/mol. The van der Waals surface area contributed by atoms with Crippen molar-refractivity contribution < 1.29 is 4.21 Å². The Balaban J connectivity index is 1.67. The second kappa shape index (κ2) is 7.60. The average Bonchev–Trinajstić information content (AvgIpc) is 2.45. The summed E-state index contributed by atoms with van der Waals surface area (Å²) in [7, 11) is -0.657. The molecule has 0 aliphatic carbocycles. The lowest BCUT2D eigenvalue weighted by Crippen LogP contribution is -2.43.